The molecule has 0 fully saturated rings. The Morgan fingerprint density at radius 3 is 1.44 bits per heavy atom. The molecule has 0 aromatic rings. The van der Waals surface area contributed by atoms with Gasteiger partial charge >= 0.3 is 11.9 Å². The second-order valence-electron chi connectivity index (χ2n) is 2.54. The van der Waals surface area contributed by atoms with Gasteiger partial charge in [0.25, 0.3) is 5.91 Å². The molecule has 0 unspecified atom stereocenters. The molecule has 0 aromatic heterocycles. The fourth-order valence-corrected chi connectivity index (χ4v) is 0.327. The van der Waals surface area contributed by atoms with E-state index in [2.05, 4.69) is 5.73 Å². The van der Waals surface area contributed by atoms with Crippen molar-refractivity contribution in [2.45, 2.75) is 19.8 Å². The third-order valence-corrected chi connectivity index (χ3v) is 1.15. The van der Waals surface area contributed by atoms with Crippen LogP contribution in [0.4, 0.5) is 0 Å². The van der Waals surface area contributed by atoms with Crippen LogP contribution < -0.4 is 5.73 Å². The zero-order valence-electron chi connectivity index (χ0n) is 9.43. The molecule has 0 rings (SSSR count). The van der Waals surface area contributed by atoms with Gasteiger partial charge in [0.1, 0.15) is 0 Å². The quantitative estimate of drug-likeness (QED) is 0.436. The van der Waals surface area contributed by atoms with Gasteiger partial charge in [-0.25, -0.2) is 4.79 Å². The Balaban J connectivity index is -0.000000108. The Kier molecular flexibility index (Phi) is 17.5. The summed E-state index contributed by atoms with van der Waals surface area (Å²) < 4.78 is 0. The van der Waals surface area contributed by atoms with Crippen molar-refractivity contribution in [3.8, 4) is 0 Å². The predicted octanol–water partition coefficient (Wildman–Crippen LogP) is -3.08. The molecule has 10 nitrogen and oxygen atoms in total. The lowest BCUT2D eigenvalue weighted by Gasteiger charge is -1.88. The molecule has 18 heavy (non-hydrogen) atoms. The zero-order chi connectivity index (χ0) is 13.3. The van der Waals surface area contributed by atoms with E-state index in [0.29, 0.717) is 0 Å². The van der Waals surface area contributed by atoms with E-state index in [-0.39, 0.29) is 11.0 Å². The molecule has 0 aliphatic heterocycles. The van der Waals surface area contributed by atoms with E-state index < -0.39 is 42.3 Å². The zero-order valence-corrected chi connectivity index (χ0v) is 9.43. The third kappa shape index (κ3) is 19.3. The monoisotopic (exact) mass is 269 g/mol. The van der Waals surface area contributed by atoms with Crippen molar-refractivity contribution in [2.75, 3.05) is 0 Å². The van der Waals surface area contributed by atoms with Gasteiger partial charge in [0.2, 0.25) is 11.6 Å². The summed E-state index contributed by atoms with van der Waals surface area (Å²) in [7, 11) is 0. The van der Waals surface area contributed by atoms with Crippen LogP contribution in [0.3, 0.4) is 0 Å². The lowest BCUT2D eigenvalue weighted by molar-refractivity contribution is -0.149. The van der Waals surface area contributed by atoms with Crippen LogP contribution in [0.1, 0.15) is 19.8 Å². The van der Waals surface area contributed by atoms with Crippen LogP contribution in [0.15, 0.2) is 0 Å². The first-order valence-electron chi connectivity index (χ1n) is 3.96. The Morgan fingerprint density at radius 1 is 0.944 bits per heavy atom. The number of aliphatic carboxylic acids is 2. The number of carboxylic acids is 2. The van der Waals surface area contributed by atoms with Crippen LogP contribution in [0.2, 0.25) is 0 Å². The summed E-state index contributed by atoms with van der Waals surface area (Å²) in [5, 5.41) is 16.0. The van der Waals surface area contributed by atoms with Gasteiger partial charge in [-0.1, -0.05) is 0 Å². The van der Waals surface area contributed by atoms with E-state index in [9.17, 15) is 24.0 Å². The van der Waals surface area contributed by atoms with Crippen molar-refractivity contribution in [1.29, 1.82) is 0 Å². The molecule has 8 N–H and O–H groups in total. The molecule has 0 atom stereocenters. The molecule has 10 heteroatoms. The van der Waals surface area contributed by atoms with Gasteiger partial charge in [-0.05, 0) is 0 Å². The first-order chi connectivity index (χ1) is 7.18. The number of carboxylic acid groups (broad SMARTS) is 2. The number of Topliss-reactive ketones (excluding diaryl/α,β-unsaturated/α-hetero) is 2. The first kappa shape index (κ1) is 24.8. The number of carbonyl (C=O) groups is 5. The maximum atomic E-state index is 10.2. The maximum absolute atomic E-state index is 10.2. The molecule has 0 heterocycles. The first-order valence-corrected chi connectivity index (χ1v) is 3.96. The number of amides is 1. The third-order valence-electron chi connectivity index (χ3n) is 1.15. The normalized spacial score (nSPS) is 7.39. The fourth-order valence-electron chi connectivity index (χ4n) is 0.327. The van der Waals surface area contributed by atoms with Gasteiger partial charge < -0.3 is 26.9 Å². The summed E-state index contributed by atoms with van der Waals surface area (Å²) in [6.07, 6.45) is -0.865. The van der Waals surface area contributed by atoms with Gasteiger partial charge in [-0.15, -0.1) is 0 Å². The minimum absolute atomic E-state index is 0. The lowest BCUT2D eigenvalue weighted by Crippen LogP contribution is -2.19. The summed E-state index contributed by atoms with van der Waals surface area (Å²) in [4.78, 5) is 49.0. The fraction of sp³-hybridized carbons (Fsp3) is 0.375. The van der Waals surface area contributed by atoms with Crippen LogP contribution in [0, 0.1) is 0 Å². The van der Waals surface area contributed by atoms with Gasteiger partial charge in [-0.2, -0.15) is 0 Å². The Bertz CT molecular complexity index is 311. The van der Waals surface area contributed by atoms with Gasteiger partial charge in [0.05, 0.1) is 6.42 Å². The number of ketones is 2. The van der Waals surface area contributed by atoms with Gasteiger partial charge in [0.15, 0.2) is 0 Å². The highest BCUT2D eigenvalue weighted by molar-refractivity contribution is 6.34. The Labute approximate surface area is 101 Å². The van der Waals surface area contributed by atoms with Gasteiger partial charge in [-0.3, -0.25) is 19.2 Å². The van der Waals surface area contributed by atoms with Gasteiger partial charge in [0, 0.05) is 13.3 Å². The topological polar surface area (TPSA) is 215 Å². The summed E-state index contributed by atoms with van der Waals surface area (Å²) in [6, 6.07) is 0. The highest BCUT2D eigenvalue weighted by Crippen LogP contribution is 1.89. The molecule has 106 valence electrons. The molecule has 0 spiro atoms. The SMILES string of the molecule is CC(=O)C(N)=O.O.O.O=C(O)CCC(=O)C(=O)O. The number of carbonyl (C=O) groups excluding carboxylic acids is 3. The minimum Gasteiger partial charge on any atom is -0.481 e. The van der Waals surface area contributed by atoms with Crippen molar-refractivity contribution in [3.63, 3.8) is 0 Å². The van der Waals surface area contributed by atoms with Crippen LogP contribution in [-0.2, 0) is 24.0 Å². The van der Waals surface area contributed by atoms with Crippen molar-refractivity contribution in [3.05, 3.63) is 0 Å². The molecule has 0 radical (unpaired) electrons. The van der Waals surface area contributed by atoms with Crippen LogP contribution in [0.25, 0.3) is 0 Å². The molecular weight excluding hydrogens is 254 g/mol. The number of rotatable bonds is 5. The molecule has 0 aromatic carbocycles. The van der Waals surface area contributed by atoms with E-state index in [1.165, 1.54) is 0 Å². The molecule has 1 amide bonds. The average molecular weight is 269 g/mol. The molecule has 0 bridgehead atoms. The largest absolute Gasteiger partial charge is 0.481 e. The number of hydrogen-bond acceptors (Lipinski definition) is 5. The molecule has 0 saturated heterocycles. The van der Waals surface area contributed by atoms with E-state index in [4.69, 9.17) is 10.2 Å². The van der Waals surface area contributed by atoms with Crippen LogP contribution in [-0.4, -0.2) is 50.6 Å². The van der Waals surface area contributed by atoms with Crippen LogP contribution in [0.5, 0.6) is 0 Å². The van der Waals surface area contributed by atoms with Crippen molar-refractivity contribution >= 4 is 29.4 Å². The van der Waals surface area contributed by atoms with E-state index in [1.807, 2.05) is 0 Å². The number of hydrogen-bond donors (Lipinski definition) is 3. The van der Waals surface area contributed by atoms with Crippen molar-refractivity contribution in [2.24, 2.45) is 5.73 Å². The average Bonchev–Trinajstić information content (AvgIpc) is 2.14. The second-order valence-corrected chi connectivity index (χ2v) is 2.54. The summed E-state index contributed by atoms with van der Waals surface area (Å²) in [6.45, 7) is 1.13. The standard InChI is InChI=1S/C5H6O5.C3H5NO2.2H2O/c6-3(5(9)10)1-2-4(7)8;1-2(5)3(4)6;;/h1-2H2,(H,7,8)(H,9,10);1H3,(H2,4,6);2*1H2. The molecule has 0 saturated carbocycles. The lowest BCUT2D eigenvalue weighted by atomic mass is 10.2. The van der Waals surface area contributed by atoms with E-state index in [1.54, 1.807) is 0 Å². The minimum atomic E-state index is -1.58. The number of primary amides is 1. The summed E-state index contributed by atoms with van der Waals surface area (Å²) >= 11 is 0. The predicted molar refractivity (Wildman–Crippen MR) is 56.6 cm³/mol. The highest BCUT2D eigenvalue weighted by Gasteiger charge is 2.12. The molecule has 0 aliphatic rings. The van der Waals surface area contributed by atoms with E-state index >= 15 is 0 Å². The van der Waals surface area contributed by atoms with Crippen molar-refractivity contribution in [1.82, 2.24) is 0 Å². The highest BCUT2D eigenvalue weighted by atomic mass is 16.4. The molecule has 0 aliphatic carbocycles. The second kappa shape index (κ2) is 12.7. The number of nitrogens with two attached hydrogens (primary N) is 1. The van der Waals surface area contributed by atoms with Crippen LogP contribution >= 0.6 is 0 Å². The van der Waals surface area contributed by atoms with E-state index in [0.717, 1.165) is 6.92 Å². The Morgan fingerprint density at radius 2 is 1.28 bits per heavy atom. The van der Waals surface area contributed by atoms with Crippen molar-refractivity contribution < 1.29 is 45.1 Å². The smallest absolute Gasteiger partial charge is 0.372 e. The Hall–Kier alpha value is -2.33. The summed E-state index contributed by atoms with van der Waals surface area (Å²) in [5.74, 6) is -5.30. The summed E-state index contributed by atoms with van der Waals surface area (Å²) in [5.41, 5.74) is 4.45. The maximum Gasteiger partial charge on any atom is 0.372 e. The molecular formula is C8H15NO9.